The van der Waals surface area contributed by atoms with Crippen LogP contribution in [0, 0.1) is 5.92 Å². The molecule has 0 aliphatic carbocycles. The van der Waals surface area contributed by atoms with Crippen molar-refractivity contribution < 1.29 is 35.7 Å². The first kappa shape index (κ1) is 18.3. The monoisotopic (exact) mass is 340 g/mol. The van der Waals surface area contributed by atoms with Crippen molar-refractivity contribution in [3.63, 3.8) is 0 Å². The van der Waals surface area contributed by atoms with Gasteiger partial charge in [0.25, 0.3) is 0 Å². The highest BCUT2D eigenvalue weighted by atomic mass is 32.2. The summed E-state index contributed by atoms with van der Waals surface area (Å²) < 4.78 is 62.6. The summed E-state index contributed by atoms with van der Waals surface area (Å²) in [6.07, 6.45) is 0.784. The van der Waals surface area contributed by atoms with Gasteiger partial charge >= 0.3 is 21.6 Å². The normalized spacial score (nSPS) is 13.6. The maximum atomic E-state index is 12.2. The minimum atomic E-state index is -5.71. The Balaban J connectivity index is 2.89. The standard InChI is InChI=1S/C13H15F3O5S/c1-2-9(8-12(17)18)6-10-4-3-5-11(7-10)21-22(19,20)13(14,15)16/h3-5,7,9H,2,6,8H2,1H3,(H,17,18)/t9-/m0/s1. The second-order valence-corrected chi connectivity index (χ2v) is 6.24. The summed E-state index contributed by atoms with van der Waals surface area (Å²) in [5.74, 6) is -1.63. The molecule has 5 nitrogen and oxygen atoms in total. The molecule has 0 heterocycles. The molecule has 9 heteroatoms. The molecule has 22 heavy (non-hydrogen) atoms. The van der Waals surface area contributed by atoms with E-state index in [0.717, 1.165) is 12.1 Å². The van der Waals surface area contributed by atoms with Gasteiger partial charge in [0.05, 0.1) is 0 Å². The number of carboxylic acids is 1. The van der Waals surface area contributed by atoms with Gasteiger partial charge in [0.15, 0.2) is 0 Å². The van der Waals surface area contributed by atoms with E-state index in [2.05, 4.69) is 4.18 Å². The van der Waals surface area contributed by atoms with Crippen molar-refractivity contribution >= 4 is 16.1 Å². The molecule has 0 aliphatic heterocycles. The van der Waals surface area contributed by atoms with Crippen LogP contribution >= 0.6 is 0 Å². The molecule has 0 fully saturated rings. The molecule has 0 saturated carbocycles. The van der Waals surface area contributed by atoms with Gasteiger partial charge in [-0.2, -0.15) is 21.6 Å². The van der Waals surface area contributed by atoms with Gasteiger partial charge in [0.1, 0.15) is 5.75 Å². The van der Waals surface area contributed by atoms with E-state index in [1.165, 1.54) is 6.07 Å². The largest absolute Gasteiger partial charge is 0.534 e. The average Bonchev–Trinajstić information content (AvgIpc) is 2.35. The number of hydrogen-bond donors (Lipinski definition) is 1. The summed E-state index contributed by atoms with van der Waals surface area (Å²) in [6, 6.07) is 5.17. The van der Waals surface area contributed by atoms with Crippen LogP contribution < -0.4 is 4.18 Å². The zero-order valence-electron chi connectivity index (χ0n) is 11.6. The van der Waals surface area contributed by atoms with E-state index >= 15 is 0 Å². The van der Waals surface area contributed by atoms with Crippen molar-refractivity contribution in [1.29, 1.82) is 0 Å². The van der Waals surface area contributed by atoms with Crippen LogP contribution in [0.3, 0.4) is 0 Å². The summed E-state index contributed by atoms with van der Waals surface area (Å²) in [4.78, 5) is 10.7. The fraction of sp³-hybridized carbons (Fsp3) is 0.462. The topological polar surface area (TPSA) is 80.7 Å². The van der Waals surface area contributed by atoms with Gasteiger partial charge < -0.3 is 9.29 Å². The third kappa shape index (κ3) is 5.21. The minimum Gasteiger partial charge on any atom is -0.481 e. The van der Waals surface area contributed by atoms with E-state index in [9.17, 15) is 26.4 Å². The lowest BCUT2D eigenvalue weighted by molar-refractivity contribution is -0.138. The summed E-state index contributed by atoms with van der Waals surface area (Å²) >= 11 is 0. The van der Waals surface area contributed by atoms with Crippen molar-refractivity contribution in [1.82, 2.24) is 0 Å². The molecular formula is C13H15F3O5S. The van der Waals surface area contributed by atoms with Crippen LogP contribution in [0.5, 0.6) is 5.75 Å². The Morgan fingerprint density at radius 1 is 1.36 bits per heavy atom. The molecule has 0 unspecified atom stereocenters. The Morgan fingerprint density at radius 2 is 2.00 bits per heavy atom. The Kier molecular flexibility index (Phi) is 5.81. The number of hydrogen-bond acceptors (Lipinski definition) is 4. The smallest absolute Gasteiger partial charge is 0.481 e. The maximum absolute atomic E-state index is 12.2. The number of halogens is 3. The molecular weight excluding hydrogens is 325 g/mol. The molecule has 1 rings (SSSR count). The Morgan fingerprint density at radius 3 is 2.50 bits per heavy atom. The number of rotatable bonds is 7. The lowest BCUT2D eigenvalue weighted by Crippen LogP contribution is -2.28. The minimum absolute atomic E-state index is 0.0809. The van der Waals surface area contributed by atoms with Crippen molar-refractivity contribution in [3.8, 4) is 5.75 Å². The second-order valence-electron chi connectivity index (χ2n) is 4.71. The van der Waals surface area contributed by atoms with Crippen molar-refractivity contribution in [2.75, 3.05) is 0 Å². The number of carboxylic acid groups (broad SMARTS) is 1. The highest BCUT2D eigenvalue weighted by molar-refractivity contribution is 7.87. The third-order valence-electron chi connectivity index (χ3n) is 2.95. The first-order valence-corrected chi connectivity index (χ1v) is 7.77. The second kappa shape index (κ2) is 6.99. The molecule has 0 radical (unpaired) electrons. The van der Waals surface area contributed by atoms with Crippen LogP contribution in [0.15, 0.2) is 24.3 Å². The predicted molar refractivity (Wildman–Crippen MR) is 71.8 cm³/mol. The Labute approximate surface area is 125 Å². The SMILES string of the molecule is CC[C@H](CC(=O)O)Cc1cccc(OS(=O)(=O)C(F)(F)F)c1. The van der Waals surface area contributed by atoms with E-state index in [0.29, 0.717) is 18.4 Å². The van der Waals surface area contributed by atoms with Crippen LogP contribution in [-0.4, -0.2) is 25.0 Å². The number of aliphatic carboxylic acids is 1. The molecule has 1 aromatic rings. The molecule has 0 spiro atoms. The van der Waals surface area contributed by atoms with Crippen LogP contribution in [0.25, 0.3) is 0 Å². The molecule has 0 amide bonds. The third-order valence-corrected chi connectivity index (χ3v) is 3.93. The van der Waals surface area contributed by atoms with E-state index in [-0.39, 0.29) is 12.3 Å². The fourth-order valence-electron chi connectivity index (χ4n) is 1.84. The predicted octanol–water partition coefficient (Wildman–Crippen LogP) is 2.96. The van der Waals surface area contributed by atoms with Crippen LogP contribution in [-0.2, 0) is 21.3 Å². The number of benzene rings is 1. The van der Waals surface area contributed by atoms with Crippen LogP contribution in [0.2, 0.25) is 0 Å². The summed E-state index contributed by atoms with van der Waals surface area (Å²) in [5.41, 5.74) is -5.00. The zero-order valence-corrected chi connectivity index (χ0v) is 12.4. The first-order chi connectivity index (χ1) is 10.0. The Bertz CT molecular complexity index is 625. The van der Waals surface area contributed by atoms with Crippen molar-refractivity contribution in [3.05, 3.63) is 29.8 Å². The molecule has 0 aromatic heterocycles. The van der Waals surface area contributed by atoms with Gasteiger partial charge in [-0.1, -0.05) is 25.5 Å². The zero-order chi connectivity index (χ0) is 17.0. The van der Waals surface area contributed by atoms with Gasteiger partial charge in [0, 0.05) is 6.42 Å². The van der Waals surface area contributed by atoms with Gasteiger partial charge in [-0.3, -0.25) is 4.79 Å². The van der Waals surface area contributed by atoms with E-state index in [1.807, 2.05) is 0 Å². The fourth-order valence-corrected chi connectivity index (χ4v) is 2.29. The van der Waals surface area contributed by atoms with E-state index in [1.54, 1.807) is 13.0 Å². The van der Waals surface area contributed by atoms with Gasteiger partial charge in [-0.05, 0) is 30.0 Å². The average molecular weight is 340 g/mol. The summed E-state index contributed by atoms with van der Waals surface area (Å²) in [7, 11) is -5.71. The van der Waals surface area contributed by atoms with Gasteiger partial charge in [-0.15, -0.1) is 0 Å². The summed E-state index contributed by atoms with van der Waals surface area (Å²) in [5, 5.41) is 8.76. The number of alkyl halides is 3. The lowest BCUT2D eigenvalue weighted by atomic mass is 9.94. The quantitative estimate of drug-likeness (QED) is 0.610. The van der Waals surface area contributed by atoms with E-state index < -0.39 is 27.3 Å². The molecule has 1 N–H and O–H groups in total. The molecule has 1 aromatic carbocycles. The van der Waals surface area contributed by atoms with Crippen LogP contribution in [0.1, 0.15) is 25.3 Å². The molecule has 0 saturated heterocycles. The van der Waals surface area contributed by atoms with Gasteiger partial charge in [-0.25, -0.2) is 0 Å². The molecule has 0 bridgehead atoms. The van der Waals surface area contributed by atoms with Crippen LogP contribution in [0.4, 0.5) is 13.2 Å². The molecule has 1 atom stereocenters. The summed E-state index contributed by atoms with van der Waals surface area (Å²) in [6.45, 7) is 1.79. The van der Waals surface area contributed by atoms with Gasteiger partial charge in [0.2, 0.25) is 0 Å². The molecule has 0 aliphatic rings. The number of carbonyl (C=O) groups is 1. The first-order valence-electron chi connectivity index (χ1n) is 6.36. The van der Waals surface area contributed by atoms with E-state index in [4.69, 9.17) is 5.11 Å². The van der Waals surface area contributed by atoms with Crippen molar-refractivity contribution in [2.45, 2.75) is 31.7 Å². The molecule has 124 valence electrons. The van der Waals surface area contributed by atoms with Crippen molar-refractivity contribution in [2.24, 2.45) is 5.92 Å². The Hall–Kier alpha value is -1.77. The lowest BCUT2D eigenvalue weighted by Gasteiger charge is -2.14. The highest BCUT2D eigenvalue weighted by Gasteiger charge is 2.48. The highest BCUT2D eigenvalue weighted by Crippen LogP contribution is 2.28. The maximum Gasteiger partial charge on any atom is 0.534 e.